The van der Waals surface area contributed by atoms with Gasteiger partial charge in [0.05, 0.1) is 6.61 Å². The van der Waals surface area contributed by atoms with E-state index in [1.807, 2.05) is 6.07 Å². The number of aliphatic hydroxyl groups excluding tert-OH is 1. The summed E-state index contributed by atoms with van der Waals surface area (Å²) >= 11 is 0. The minimum absolute atomic E-state index is 0.0163. The molecule has 0 unspecified atom stereocenters. The van der Waals surface area contributed by atoms with Gasteiger partial charge in [-0.3, -0.25) is 0 Å². The van der Waals surface area contributed by atoms with Gasteiger partial charge in [0, 0.05) is 31.1 Å². The molecule has 1 aliphatic carbocycles. The number of β-amino-alcohol motifs (C(OH)–C–C–N with tert-alkyl or cyclic N) is 1. The van der Waals surface area contributed by atoms with Crippen molar-refractivity contribution in [3.05, 3.63) is 23.3 Å². The summed E-state index contributed by atoms with van der Waals surface area (Å²) in [5.74, 6) is 1.10. The van der Waals surface area contributed by atoms with Crippen molar-refractivity contribution in [3.8, 4) is 11.5 Å². The van der Waals surface area contributed by atoms with Crippen LogP contribution in [-0.2, 0) is 6.42 Å². The van der Waals surface area contributed by atoms with Crippen molar-refractivity contribution in [3.63, 3.8) is 0 Å². The third kappa shape index (κ3) is 1.76. The smallest absolute Gasteiger partial charge is 0.160 e. The van der Waals surface area contributed by atoms with E-state index in [1.165, 1.54) is 5.56 Å². The zero-order valence-corrected chi connectivity index (χ0v) is 10.3. The highest BCUT2D eigenvalue weighted by molar-refractivity contribution is 5.51. The predicted molar refractivity (Wildman–Crippen MR) is 67.8 cm³/mol. The van der Waals surface area contributed by atoms with E-state index < -0.39 is 0 Å². The second kappa shape index (κ2) is 4.44. The van der Waals surface area contributed by atoms with E-state index in [9.17, 15) is 10.2 Å². The first-order valence-electron chi connectivity index (χ1n) is 6.57. The highest BCUT2D eigenvalue weighted by Gasteiger charge is 2.38. The SMILES string of the molecule is OCCN1C[C@@H]2CCc3c(ccc(O)c3O)[C@@H]2C1. The summed E-state index contributed by atoms with van der Waals surface area (Å²) in [6, 6.07) is 3.54. The Balaban J connectivity index is 1.92. The Morgan fingerprint density at radius 1 is 1.22 bits per heavy atom. The lowest BCUT2D eigenvalue weighted by Gasteiger charge is -2.28. The van der Waals surface area contributed by atoms with Crippen LogP contribution < -0.4 is 0 Å². The molecular weight excluding hydrogens is 230 g/mol. The fourth-order valence-electron chi connectivity index (χ4n) is 3.51. The average molecular weight is 249 g/mol. The van der Waals surface area contributed by atoms with Gasteiger partial charge in [0.25, 0.3) is 0 Å². The average Bonchev–Trinajstić information content (AvgIpc) is 2.77. The summed E-state index contributed by atoms with van der Waals surface area (Å²) in [7, 11) is 0. The first-order valence-corrected chi connectivity index (χ1v) is 6.57. The highest BCUT2D eigenvalue weighted by Crippen LogP contribution is 2.46. The Hall–Kier alpha value is -1.26. The molecule has 18 heavy (non-hydrogen) atoms. The van der Waals surface area contributed by atoms with Crippen molar-refractivity contribution < 1.29 is 15.3 Å². The molecule has 0 spiro atoms. The number of aliphatic hydroxyl groups is 1. The Bertz CT molecular complexity index is 461. The molecule has 1 aromatic carbocycles. The molecule has 0 aromatic heterocycles. The van der Waals surface area contributed by atoms with E-state index >= 15 is 0 Å². The van der Waals surface area contributed by atoms with Crippen LogP contribution in [-0.4, -0.2) is 46.5 Å². The van der Waals surface area contributed by atoms with Gasteiger partial charge in [0.15, 0.2) is 11.5 Å². The van der Waals surface area contributed by atoms with Gasteiger partial charge in [-0.15, -0.1) is 0 Å². The van der Waals surface area contributed by atoms with Gasteiger partial charge in [-0.1, -0.05) is 6.07 Å². The van der Waals surface area contributed by atoms with Gasteiger partial charge in [0.1, 0.15) is 0 Å². The zero-order valence-electron chi connectivity index (χ0n) is 10.3. The number of benzene rings is 1. The summed E-state index contributed by atoms with van der Waals surface area (Å²) < 4.78 is 0. The Morgan fingerprint density at radius 3 is 2.83 bits per heavy atom. The summed E-state index contributed by atoms with van der Waals surface area (Å²) in [6.45, 7) is 2.91. The van der Waals surface area contributed by atoms with Gasteiger partial charge >= 0.3 is 0 Å². The van der Waals surface area contributed by atoms with Crippen LogP contribution in [0.15, 0.2) is 12.1 Å². The summed E-state index contributed by atoms with van der Waals surface area (Å²) in [5, 5.41) is 28.5. The topological polar surface area (TPSA) is 63.9 Å². The highest BCUT2D eigenvalue weighted by atomic mass is 16.3. The number of nitrogens with zero attached hydrogens (tertiary/aromatic N) is 1. The fraction of sp³-hybridized carbons (Fsp3) is 0.571. The van der Waals surface area contributed by atoms with Crippen molar-refractivity contribution in [2.24, 2.45) is 5.92 Å². The number of phenolic OH excluding ortho intramolecular Hbond substituents is 2. The van der Waals surface area contributed by atoms with E-state index in [0.717, 1.165) is 38.0 Å². The number of aromatic hydroxyl groups is 2. The zero-order chi connectivity index (χ0) is 12.7. The second-order valence-corrected chi connectivity index (χ2v) is 5.39. The van der Waals surface area contributed by atoms with Crippen LogP contribution in [0.25, 0.3) is 0 Å². The van der Waals surface area contributed by atoms with Crippen molar-refractivity contribution in [1.29, 1.82) is 0 Å². The number of hydrogen-bond acceptors (Lipinski definition) is 4. The van der Waals surface area contributed by atoms with Gasteiger partial charge in [-0.05, 0) is 30.4 Å². The van der Waals surface area contributed by atoms with Crippen LogP contribution in [0.1, 0.15) is 23.5 Å². The monoisotopic (exact) mass is 249 g/mol. The Kier molecular flexibility index (Phi) is 2.92. The van der Waals surface area contributed by atoms with E-state index in [-0.39, 0.29) is 18.1 Å². The molecular formula is C14H19NO3. The minimum atomic E-state index is -0.0163. The minimum Gasteiger partial charge on any atom is -0.504 e. The molecule has 2 atom stereocenters. The maximum absolute atomic E-state index is 9.93. The molecule has 1 fully saturated rings. The third-order valence-corrected chi connectivity index (χ3v) is 4.40. The molecule has 4 heteroatoms. The number of phenols is 2. The van der Waals surface area contributed by atoms with Crippen molar-refractivity contribution in [2.75, 3.05) is 26.2 Å². The van der Waals surface area contributed by atoms with Crippen LogP contribution in [0.2, 0.25) is 0 Å². The molecule has 3 N–H and O–H groups in total. The second-order valence-electron chi connectivity index (χ2n) is 5.39. The van der Waals surface area contributed by atoms with Crippen molar-refractivity contribution in [1.82, 2.24) is 4.90 Å². The number of hydrogen-bond donors (Lipinski definition) is 3. The number of fused-ring (bicyclic) bond motifs is 3. The van der Waals surface area contributed by atoms with Crippen LogP contribution in [0.3, 0.4) is 0 Å². The fourth-order valence-corrected chi connectivity index (χ4v) is 3.51. The Morgan fingerprint density at radius 2 is 2.06 bits per heavy atom. The molecule has 3 rings (SSSR count). The first kappa shape index (κ1) is 11.8. The van der Waals surface area contributed by atoms with E-state index in [4.69, 9.17) is 5.11 Å². The molecule has 1 aliphatic heterocycles. The van der Waals surface area contributed by atoms with Crippen LogP contribution in [0.5, 0.6) is 11.5 Å². The Labute approximate surface area is 106 Å². The maximum atomic E-state index is 9.93. The lowest BCUT2D eigenvalue weighted by atomic mass is 9.77. The van der Waals surface area contributed by atoms with E-state index in [0.29, 0.717) is 11.8 Å². The lowest BCUT2D eigenvalue weighted by molar-refractivity contribution is 0.216. The summed E-state index contributed by atoms with van der Waals surface area (Å²) in [4.78, 5) is 2.29. The van der Waals surface area contributed by atoms with Crippen molar-refractivity contribution in [2.45, 2.75) is 18.8 Å². The van der Waals surface area contributed by atoms with Gasteiger partial charge < -0.3 is 20.2 Å². The molecule has 0 radical (unpaired) electrons. The van der Waals surface area contributed by atoms with Crippen LogP contribution in [0.4, 0.5) is 0 Å². The molecule has 1 aromatic rings. The first-order chi connectivity index (χ1) is 8.70. The molecule has 2 aliphatic rings. The van der Waals surface area contributed by atoms with Crippen molar-refractivity contribution >= 4 is 0 Å². The van der Waals surface area contributed by atoms with Gasteiger partial charge in [0.2, 0.25) is 0 Å². The van der Waals surface area contributed by atoms with E-state index in [2.05, 4.69) is 4.90 Å². The molecule has 0 amide bonds. The maximum Gasteiger partial charge on any atom is 0.160 e. The normalized spacial score (nSPS) is 26.9. The molecule has 1 saturated heterocycles. The molecule has 4 nitrogen and oxygen atoms in total. The molecule has 98 valence electrons. The van der Waals surface area contributed by atoms with E-state index in [1.54, 1.807) is 6.07 Å². The summed E-state index contributed by atoms with van der Waals surface area (Å²) in [5.41, 5.74) is 2.10. The third-order valence-electron chi connectivity index (χ3n) is 4.40. The molecule has 0 saturated carbocycles. The van der Waals surface area contributed by atoms with Crippen LogP contribution in [0, 0.1) is 5.92 Å². The lowest BCUT2D eigenvalue weighted by Crippen LogP contribution is -2.24. The quantitative estimate of drug-likeness (QED) is 0.686. The molecule has 1 heterocycles. The van der Waals surface area contributed by atoms with Crippen LogP contribution >= 0.6 is 0 Å². The van der Waals surface area contributed by atoms with Gasteiger partial charge in [-0.25, -0.2) is 0 Å². The summed E-state index contributed by atoms with van der Waals surface area (Å²) in [6.07, 6.45) is 1.89. The number of rotatable bonds is 2. The predicted octanol–water partition coefficient (Wildman–Crippen LogP) is 1.05. The number of likely N-dealkylation sites (tertiary alicyclic amines) is 1. The van der Waals surface area contributed by atoms with Gasteiger partial charge in [-0.2, -0.15) is 0 Å². The molecule has 0 bridgehead atoms. The largest absolute Gasteiger partial charge is 0.504 e. The standard InChI is InChI=1S/C14H19NO3/c16-6-5-15-7-9-1-2-11-10(12(9)8-15)3-4-13(17)14(11)18/h3-4,9,12,16-18H,1-2,5-8H2/t9-,12+/m0/s1.